The molecule has 0 saturated heterocycles. The first-order chi connectivity index (χ1) is 12.0. The molecule has 0 saturated carbocycles. The van der Waals surface area contributed by atoms with E-state index < -0.39 is 5.97 Å². The van der Waals surface area contributed by atoms with E-state index in [9.17, 15) is 9.59 Å². The summed E-state index contributed by atoms with van der Waals surface area (Å²) in [7, 11) is 5.76. The van der Waals surface area contributed by atoms with Gasteiger partial charge in [0.2, 0.25) is 5.75 Å². The quantitative estimate of drug-likeness (QED) is 0.811. The molecule has 25 heavy (non-hydrogen) atoms. The van der Waals surface area contributed by atoms with E-state index in [4.69, 9.17) is 14.2 Å². The second-order valence-corrected chi connectivity index (χ2v) is 4.94. The van der Waals surface area contributed by atoms with E-state index >= 15 is 0 Å². The topological polar surface area (TPSA) is 83.1 Å². The van der Waals surface area contributed by atoms with Gasteiger partial charge in [-0.15, -0.1) is 0 Å². The number of rotatable bonds is 6. The number of anilines is 1. The Balaban J connectivity index is 2.30. The second-order valence-electron chi connectivity index (χ2n) is 4.94. The fourth-order valence-corrected chi connectivity index (χ4v) is 2.26. The summed E-state index contributed by atoms with van der Waals surface area (Å²) < 4.78 is 20.4. The van der Waals surface area contributed by atoms with E-state index in [1.807, 2.05) is 0 Å². The minimum Gasteiger partial charge on any atom is -0.493 e. The molecule has 1 N–H and O–H groups in total. The molecule has 0 atom stereocenters. The lowest BCUT2D eigenvalue weighted by molar-refractivity contribution is 0.0600. The molecule has 0 aliphatic carbocycles. The molecule has 0 bridgehead atoms. The van der Waals surface area contributed by atoms with Gasteiger partial charge >= 0.3 is 5.97 Å². The normalized spacial score (nSPS) is 9.92. The van der Waals surface area contributed by atoms with Crippen LogP contribution in [0.15, 0.2) is 36.4 Å². The highest BCUT2D eigenvalue weighted by Gasteiger charge is 2.16. The molecule has 0 aliphatic rings. The Morgan fingerprint density at radius 2 is 1.44 bits per heavy atom. The zero-order chi connectivity index (χ0) is 18.4. The predicted octanol–water partition coefficient (Wildman–Crippen LogP) is 2.75. The third kappa shape index (κ3) is 4.00. The predicted molar refractivity (Wildman–Crippen MR) is 91.8 cm³/mol. The summed E-state index contributed by atoms with van der Waals surface area (Å²) in [5.74, 6) is 0.360. The molecule has 0 unspecified atom stereocenters. The van der Waals surface area contributed by atoms with Gasteiger partial charge in [0.05, 0.1) is 34.0 Å². The minimum absolute atomic E-state index is 0.292. The minimum atomic E-state index is -0.512. The summed E-state index contributed by atoms with van der Waals surface area (Å²) in [6.07, 6.45) is 0. The first-order valence-electron chi connectivity index (χ1n) is 7.33. The van der Waals surface area contributed by atoms with Crippen LogP contribution in [0.3, 0.4) is 0 Å². The van der Waals surface area contributed by atoms with Gasteiger partial charge in [-0.3, -0.25) is 4.79 Å². The van der Waals surface area contributed by atoms with Crippen molar-refractivity contribution in [2.45, 2.75) is 0 Å². The summed E-state index contributed by atoms with van der Waals surface area (Å²) in [4.78, 5) is 24.0. The monoisotopic (exact) mass is 345 g/mol. The van der Waals surface area contributed by atoms with Crippen molar-refractivity contribution in [1.29, 1.82) is 0 Å². The highest BCUT2D eigenvalue weighted by molar-refractivity contribution is 6.06. The van der Waals surface area contributed by atoms with E-state index in [1.54, 1.807) is 30.3 Å². The van der Waals surface area contributed by atoms with Crippen LogP contribution in [-0.4, -0.2) is 40.3 Å². The lowest BCUT2D eigenvalue weighted by Crippen LogP contribution is -2.13. The van der Waals surface area contributed by atoms with Crippen LogP contribution in [0.1, 0.15) is 20.7 Å². The zero-order valence-electron chi connectivity index (χ0n) is 14.4. The molecule has 0 aliphatic heterocycles. The Morgan fingerprint density at radius 1 is 0.840 bits per heavy atom. The lowest BCUT2D eigenvalue weighted by Gasteiger charge is -2.14. The second kappa shape index (κ2) is 8.05. The Bertz CT molecular complexity index is 762. The number of benzene rings is 2. The smallest absolute Gasteiger partial charge is 0.337 e. The molecule has 7 nitrogen and oxygen atoms in total. The van der Waals surface area contributed by atoms with E-state index in [0.29, 0.717) is 34.1 Å². The summed E-state index contributed by atoms with van der Waals surface area (Å²) in [6, 6.07) is 9.46. The van der Waals surface area contributed by atoms with E-state index in [0.717, 1.165) is 0 Å². The van der Waals surface area contributed by atoms with Crippen LogP contribution in [0, 0.1) is 0 Å². The van der Waals surface area contributed by atoms with Crippen molar-refractivity contribution in [2.75, 3.05) is 33.8 Å². The average Bonchev–Trinajstić information content (AvgIpc) is 2.66. The third-order valence-corrected chi connectivity index (χ3v) is 3.47. The summed E-state index contributed by atoms with van der Waals surface area (Å²) in [5, 5.41) is 2.74. The number of nitrogens with one attached hydrogen (secondary N) is 1. The van der Waals surface area contributed by atoms with Gasteiger partial charge in [-0.25, -0.2) is 4.79 Å². The van der Waals surface area contributed by atoms with Crippen molar-refractivity contribution in [3.8, 4) is 17.2 Å². The first-order valence-corrected chi connectivity index (χ1v) is 7.33. The van der Waals surface area contributed by atoms with Gasteiger partial charge in [-0.1, -0.05) is 6.07 Å². The SMILES string of the molecule is COC(=O)c1cccc(C(=O)Nc2cc(OC)c(OC)c(OC)c2)c1. The van der Waals surface area contributed by atoms with Crippen LogP contribution in [0.2, 0.25) is 0 Å². The number of esters is 1. The molecule has 0 aromatic heterocycles. The number of hydrogen-bond acceptors (Lipinski definition) is 6. The number of carbonyl (C=O) groups excluding carboxylic acids is 2. The van der Waals surface area contributed by atoms with Crippen molar-refractivity contribution in [2.24, 2.45) is 0 Å². The number of methoxy groups -OCH3 is 4. The van der Waals surface area contributed by atoms with Crippen LogP contribution in [-0.2, 0) is 4.74 Å². The van der Waals surface area contributed by atoms with Crippen LogP contribution in [0.5, 0.6) is 17.2 Å². The third-order valence-electron chi connectivity index (χ3n) is 3.47. The maximum atomic E-state index is 12.5. The van der Waals surface area contributed by atoms with Gasteiger partial charge in [-0.2, -0.15) is 0 Å². The maximum Gasteiger partial charge on any atom is 0.337 e. The summed E-state index contributed by atoms with van der Waals surface area (Å²) in [5.41, 5.74) is 1.07. The Labute approximate surface area is 145 Å². The van der Waals surface area contributed by atoms with E-state index in [1.165, 1.54) is 34.5 Å². The fraction of sp³-hybridized carbons (Fsp3) is 0.222. The van der Waals surface area contributed by atoms with Crippen molar-refractivity contribution in [1.82, 2.24) is 0 Å². The maximum absolute atomic E-state index is 12.5. The molecular weight excluding hydrogens is 326 g/mol. The Kier molecular flexibility index (Phi) is 5.84. The Morgan fingerprint density at radius 3 is 1.96 bits per heavy atom. The molecule has 1 amide bonds. The van der Waals surface area contributed by atoms with Crippen LogP contribution in [0.4, 0.5) is 5.69 Å². The molecule has 2 aromatic carbocycles. The molecule has 0 fully saturated rings. The van der Waals surface area contributed by atoms with Crippen molar-refractivity contribution in [3.05, 3.63) is 47.5 Å². The number of carbonyl (C=O) groups is 2. The van der Waals surface area contributed by atoms with Gasteiger partial charge in [0.25, 0.3) is 5.91 Å². The largest absolute Gasteiger partial charge is 0.493 e. The van der Waals surface area contributed by atoms with Crippen molar-refractivity contribution in [3.63, 3.8) is 0 Å². The van der Waals surface area contributed by atoms with Gasteiger partial charge in [-0.05, 0) is 18.2 Å². The number of ether oxygens (including phenoxy) is 4. The first kappa shape index (κ1) is 18.1. The summed E-state index contributed by atoms with van der Waals surface area (Å²) in [6.45, 7) is 0. The van der Waals surface area contributed by atoms with Crippen molar-refractivity contribution < 1.29 is 28.5 Å². The van der Waals surface area contributed by atoms with Crippen molar-refractivity contribution >= 4 is 17.6 Å². The highest BCUT2D eigenvalue weighted by atomic mass is 16.5. The van der Waals surface area contributed by atoms with Crippen LogP contribution >= 0.6 is 0 Å². The molecule has 0 spiro atoms. The standard InChI is InChI=1S/C18H19NO6/c1-22-14-9-13(10-15(23-2)16(14)24-3)19-17(20)11-6-5-7-12(8-11)18(21)25-4/h5-10H,1-4H3,(H,19,20). The zero-order valence-corrected chi connectivity index (χ0v) is 14.4. The molecule has 0 radical (unpaired) electrons. The molecule has 132 valence electrons. The van der Waals surface area contributed by atoms with Gasteiger partial charge < -0.3 is 24.3 Å². The van der Waals surface area contributed by atoms with Gasteiger partial charge in [0.1, 0.15) is 0 Å². The highest BCUT2D eigenvalue weighted by Crippen LogP contribution is 2.40. The molecule has 2 rings (SSSR count). The summed E-state index contributed by atoms with van der Waals surface area (Å²) >= 11 is 0. The molecular formula is C18H19NO6. The van der Waals surface area contributed by atoms with Gasteiger partial charge in [0, 0.05) is 23.4 Å². The van der Waals surface area contributed by atoms with Gasteiger partial charge in [0.15, 0.2) is 11.5 Å². The van der Waals surface area contributed by atoms with Crippen LogP contribution in [0.25, 0.3) is 0 Å². The lowest BCUT2D eigenvalue weighted by atomic mass is 10.1. The van der Waals surface area contributed by atoms with Crippen LogP contribution < -0.4 is 19.5 Å². The Hall–Kier alpha value is -3.22. The fourth-order valence-electron chi connectivity index (χ4n) is 2.26. The van der Waals surface area contributed by atoms with E-state index in [2.05, 4.69) is 10.1 Å². The number of amides is 1. The molecule has 0 heterocycles. The number of hydrogen-bond donors (Lipinski definition) is 1. The molecule has 7 heteroatoms. The average molecular weight is 345 g/mol. The van der Waals surface area contributed by atoms with E-state index in [-0.39, 0.29) is 5.91 Å². The molecule has 2 aromatic rings.